The molecule has 0 radical (unpaired) electrons. The zero-order chi connectivity index (χ0) is 13.9. The molecule has 0 amide bonds. The van der Waals surface area contributed by atoms with E-state index in [-0.39, 0.29) is 0 Å². The van der Waals surface area contributed by atoms with Crippen molar-refractivity contribution in [1.82, 2.24) is 4.90 Å². The molecule has 1 saturated heterocycles. The van der Waals surface area contributed by atoms with E-state index in [0.717, 1.165) is 23.5 Å². The standard InChI is InChI=1S/C16H25BrN2/c1-16(2,3)13-7-9-19(12-13)10-8-18-15-6-4-5-14(17)11-15/h4-6,11,13,18H,7-10,12H2,1-3H3. The van der Waals surface area contributed by atoms with Crippen LogP contribution in [0, 0.1) is 11.3 Å². The normalized spacial score (nSPS) is 20.7. The Morgan fingerprint density at radius 2 is 2.16 bits per heavy atom. The maximum atomic E-state index is 3.50. The Morgan fingerprint density at radius 3 is 2.79 bits per heavy atom. The summed E-state index contributed by atoms with van der Waals surface area (Å²) in [6, 6.07) is 8.37. The first-order valence-electron chi connectivity index (χ1n) is 7.17. The first-order valence-corrected chi connectivity index (χ1v) is 7.96. The lowest BCUT2D eigenvalue weighted by Gasteiger charge is -2.27. The maximum Gasteiger partial charge on any atom is 0.0351 e. The molecule has 1 aromatic carbocycles. The van der Waals surface area contributed by atoms with E-state index in [2.05, 4.69) is 71.2 Å². The number of halogens is 1. The molecule has 1 aromatic rings. The molecule has 2 rings (SSSR count). The molecule has 1 heterocycles. The minimum absolute atomic E-state index is 0.451. The summed E-state index contributed by atoms with van der Waals surface area (Å²) in [7, 11) is 0. The Labute approximate surface area is 125 Å². The number of hydrogen-bond acceptors (Lipinski definition) is 2. The molecule has 1 fully saturated rings. The fourth-order valence-electron chi connectivity index (χ4n) is 2.70. The second-order valence-electron chi connectivity index (χ2n) is 6.59. The predicted molar refractivity (Wildman–Crippen MR) is 86.6 cm³/mol. The molecule has 1 aliphatic rings. The molecule has 1 N–H and O–H groups in total. The van der Waals surface area contributed by atoms with Gasteiger partial charge in [0.1, 0.15) is 0 Å². The van der Waals surface area contributed by atoms with E-state index in [1.807, 2.05) is 0 Å². The van der Waals surface area contributed by atoms with Crippen LogP contribution in [0.25, 0.3) is 0 Å². The lowest BCUT2D eigenvalue weighted by atomic mass is 9.80. The topological polar surface area (TPSA) is 15.3 Å². The Kier molecular flexibility index (Phi) is 4.91. The summed E-state index contributed by atoms with van der Waals surface area (Å²) >= 11 is 3.50. The van der Waals surface area contributed by atoms with Crippen molar-refractivity contribution in [2.24, 2.45) is 11.3 Å². The molecular weight excluding hydrogens is 300 g/mol. The molecule has 1 aliphatic heterocycles. The van der Waals surface area contributed by atoms with Crippen LogP contribution >= 0.6 is 15.9 Å². The van der Waals surface area contributed by atoms with Crippen molar-refractivity contribution in [2.45, 2.75) is 27.2 Å². The van der Waals surface area contributed by atoms with Gasteiger partial charge >= 0.3 is 0 Å². The lowest BCUT2D eigenvalue weighted by Crippen LogP contribution is -2.29. The zero-order valence-electron chi connectivity index (χ0n) is 12.2. The lowest BCUT2D eigenvalue weighted by molar-refractivity contribution is 0.232. The molecule has 0 bridgehead atoms. The fraction of sp³-hybridized carbons (Fsp3) is 0.625. The Hall–Kier alpha value is -0.540. The second kappa shape index (κ2) is 6.27. The number of nitrogens with zero attached hydrogens (tertiary/aromatic N) is 1. The van der Waals surface area contributed by atoms with Crippen molar-refractivity contribution < 1.29 is 0 Å². The molecule has 19 heavy (non-hydrogen) atoms. The van der Waals surface area contributed by atoms with Crippen molar-refractivity contribution in [2.75, 3.05) is 31.5 Å². The summed E-state index contributed by atoms with van der Waals surface area (Å²) in [5.74, 6) is 0.846. The van der Waals surface area contributed by atoms with Gasteiger partial charge in [0.05, 0.1) is 0 Å². The van der Waals surface area contributed by atoms with Gasteiger partial charge in [0.15, 0.2) is 0 Å². The van der Waals surface area contributed by atoms with E-state index in [1.54, 1.807) is 0 Å². The molecule has 0 aromatic heterocycles. The average molecular weight is 325 g/mol. The van der Waals surface area contributed by atoms with Crippen LogP contribution in [0.1, 0.15) is 27.2 Å². The van der Waals surface area contributed by atoms with Gasteiger partial charge in [-0.2, -0.15) is 0 Å². The smallest absolute Gasteiger partial charge is 0.0351 e. The van der Waals surface area contributed by atoms with Gasteiger partial charge in [-0.15, -0.1) is 0 Å². The molecule has 0 spiro atoms. The van der Waals surface area contributed by atoms with E-state index in [9.17, 15) is 0 Å². The van der Waals surface area contributed by atoms with E-state index in [0.29, 0.717) is 5.41 Å². The van der Waals surface area contributed by atoms with Crippen LogP contribution in [0.5, 0.6) is 0 Å². The van der Waals surface area contributed by atoms with Crippen LogP contribution in [-0.4, -0.2) is 31.1 Å². The highest BCUT2D eigenvalue weighted by Gasteiger charge is 2.31. The minimum atomic E-state index is 0.451. The molecule has 0 saturated carbocycles. The molecule has 1 atom stereocenters. The first kappa shape index (κ1) is 14.9. The number of rotatable bonds is 4. The van der Waals surface area contributed by atoms with Crippen LogP contribution in [-0.2, 0) is 0 Å². The zero-order valence-corrected chi connectivity index (χ0v) is 13.8. The maximum absolute atomic E-state index is 3.50. The third-order valence-electron chi connectivity index (χ3n) is 4.08. The summed E-state index contributed by atoms with van der Waals surface area (Å²) in [5, 5.41) is 3.49. The van der Waals surface area contributed by atoms with Crippen molar-refractivity contribution in [1.29, 1.82) is 0 Å². The third-order valence-corrected chi connectivity index (χ3v) is 4.57. The monoisotopic (exact) mass is 324 g/mol. The molecule has 106 valence electrons. The third kappa shape index (κ3) is 4.50. The van der Waals surface area contributed by atoms with Gasteiger partial charge in [-0.25, -0.2) is 0 Å². The molecule has 2 nitrogen and oxygen atoms in total. The minimum Gasteiger partial charge on any atom is -0.384 e. The van der Waals surface area contributed by atoms with E-state index in [1.165, 1.54) is 25.2 Å². The average Bonchev–Trinajstić information content (AvgIpc) is 2.77. The SMILES string of the molecule is CC(C)(C)C1CCN(CCNc2cccc(Br)c2)C1. The van der Waals surface area contributed by atoms with Crippen molar-refractivity contribution in [3.63, 3.8) is 0 Å². The quantitative estimate of drug-likeness (QED) is 0.891. The highest BCUT2D eigenvalue weighted by atomic mass is 79.9. The molecule has 3 heteroatoms. The second-order valence-corrected chi connectivity index (χ2v) is 7.51. The van der Waals surface area contributed by atoms with Gasteiger partial charge < -0.3 is 10.2 Å². The van der Waals surface area contributed by atoms with Gasteiger partial charge in [-0.1, -0.05) is 42.8 Å². The van der Waals surface area contributed by atoms with E-state index >= 15 is 0 Å². The van der Waals surface area contributed by atoms with Crippen molar-refractivity contribution in [3.05, 3.63) is 28.7 Å². The fourth-order valence-corrected chi connectivity index (χ4v) is 3.10. The van der Waals surface area contributed by atoms with Crippen LogP contribution in [0.3, 0.4) is 0 Å². The highest BCUT2D eigenvalue weighted by molar-refractivity contribution is 9.10. The van der Waals surface area contributed by atoms with Crippen LogP contribution in [0.2, 0.25) is 0 Å². The van der Waals surface area contributed by atoms with Crippen molar-refractivity contribution >= 4 is 21.6 Å². The van der Waals surface area contributed by atoms with Crippen LogP contribution in [0.15, 0.2) is 28.7 Å². The van der Waals surface area contributed by atoms with Crippen LogP contribution in [0.4, 0.5) is 5.69 Å². The molecule has 0 aliphatic carbocycles. The summed E-state index contributed by atoms with van der Waals surface area (Å²) in [6.45, 7) is 11.8. The summed E-state index contributed by atoms with van der Waals surface area (Å²) in [4.78, 5) is 2.58. The van der Waals surface area contributed by atoms with Gasteiger partial charge in [0.2, 0.25) is 0 Å². The van der Waals surface area contributed by atoms with Gasteiger partial charge in [-0.05, 0) is 42.5 Å². The first-order chi connectivity index (χ1) is 8.95. The number of benzene rings is 1. The predicted octanol–water partition coefficient (Wildman–Crippen LogP) is 4.23. The molecular formula is C16H25BrN2. The Bertz CT molecular complexity index is 411. The summed E-state index contributed by atoms with van der Waals surface area (Å²) < 4.78 is 1.13. The number of anilines is 1. The van der Waals surface area contributed by atoms with Gasteiger partial charge in [0.25, 0.3) is 0 Å². The largest absolute Gasteiger partial charge is 0.384 e. The van der Waals surface area contributed by atoms with E-state index in [4.69, 9.17) is 0 Å². The van der Waals surface area contributed by atoms with Crippen LogP contribution < -0.4 is 5.32 Å². The molecule has 1 unspecified atom stereocenters. The Morgan fingerprint density at radius 1 is 1.37 bits per heavy atom. The number of nitrogens with one attached hydrogen (secondary N) is 1. The Balaban J connectivity index is 1.73. The van der Waals surface area contributed by atoms with E-state index < -0.39 is 0 Å². The van der Waals surface area contributed by atoms with Crippen molar-refractivity contribution in [3.8, 4) is 0 Å². The summed E-state index contributed by atoms with van der Waals surface area (Å²) in [6.07, 6.45) is 1.35. The highest BCUT2D eigenvalue weighted by Crippen LogP contribution is 2.33. The summed E-state index contributed by atoms with van der Waals surface area (Å²) in [5.41, 5.74) is 1.65. The number of hydrogen-bond donors (Lipinski definition) is 1. The van der Waals surface area contributed by atoms with Gasteiger partial charge in [-0.3, -0.25) is 0 Å². The van der Waals surface area contributed by atoms with Gasteiger partial charge in [0, 0.05) is 29.8 Å². The number of likely N-dealkylation sites (tertiary alicyclic amines) is 1.